The standard InChI is InChI=1S/C15H24BN.CHF3O3S/c1-5-13-7-2-8-14(6-1)16(13)11-3-9-15-10-4-12-17-15;2-1(3,4)8(5,6)7/h4,10,13-14H,1-3,5-9,11-12H2;(H,5,6,7). The molecule has 2 bridgehead atoms. The molecule has 3 rings (SSSR count). The van der Waals surface area contributed by atoms with E-state index in [1.165, 1.54) is 63.4 Å². The summed E-state index contributed by atoms with van der Waals surface area (Å²) in [5, 5.41) is 0. The first-order valence-corrected chi connectivity index (χ1v) is 10.4. The van der Waals surface area contributed by atoms with Crippen molar-refractivity contribution in [2.24, 2.45) is 0 Å². The van der Waals surface area contributed by atoms with Crippen LogP contribution < -0.4 is 4.99 Å². The highest BCUT2D eigenvalue weighted by Crippen LogP contribution is 2.48. The number of hydrogen-bond donors (Lipinski definition) is 1. The maximum atomic E-state index is 10.7. The maximum Gasteiger partial charge on any atom is 0.485 e. The summed E-state index contributed by atoms with van der Waals surface area (Å²) in [6.45, 7) is 2.15. The van der Waals surface area contributed by atoms with Crippen molar-refractivity contribution in [3.05, 3.63) is 12.2 Å². The van der Waals surface area contributed by atoms with Crippen molar-refractivity contribution in [1.29, 1.82) is 0 Å². The third-order valence-corrected chi connectivity index (χ3v) is 6.11. The second kappa shape index (κ2) is 8.71. The largest absolute Gasteiger partial charge is 0.741 e. The van der Waals surface area contributed by atoms with E-state index in [-0.39, 0.29) is 0 Å². The van der Waals surface area contributed by atoms with Gasteiger partial charge in [0.25, 0.3) is 0 Å². The van der Waals surface area contributed by atoms with Crippen molar-refractivity contribution in [2.45, 2.75) is 74.8 Å². The van der Waals surface area contributed by atoms with E-state index in [4.69, 9.17) is 13.0 Å². The van der Waals surface area contributed by atoms with Crippen LogP contribution in [-0.2, 0) is 10.1 Å². The molecule has 0 saturated carbocycles. The van der Waals surface area contributed by atoms with Gasteiger partial charge in [-0.15, -0.1) is 0 Å². The van der Waals surface area contributed by atoms with Gasteiger partial charge in [0.05, 0.1) is 0 Å². The molecule has 1 N–H and O–H groups in total. The fourth-order valence-electron chi connectivity index (χ4n) is 4.44. The molecule has 142 valence electrons. The fraction of sp³-hybridized carbons (Fsp3) is 0.812. The lowest BCUT2D eigenvalue weighted by atomic mass is 9.26. The Labute approximate surface area is 147 Å². The molecule has 0 spiro atoms. The topological polar surface area (TPSA) is 71.2 Å². The molecule has 0 unspecified atom stereocenters. The quantitative estimate of drug-likeness (QED) is 0.464. The molecule has 4 nitrogen and oxygen atoms in total. The summed E-state index contributed by atoms with van der Waals surface area (Å²) in [6.07, 6.45) is 17.9. The van der Waals surface area contributed by atoms with Crippen LogP contribution in [-0.4, -0.2) is 37.4 Å². The zero-order valence-electron chi connectivity index (χ0n) is 14.2. The van der Waals surface area contributed by atoms with Gasteiger partial charge in [0.1, 0.15) is 6.71 Å². The van der Waals surface area contributed by atoms with Gasteiger partial charge in [-0.05, 0) is 12.5 Å². The number of fused-ring (bicyclic) bond motifs is 2. The van der Waals surface area contributed by atoms with Gasteiger partial charge >= 0.3 is 5.51 Å². The summed E-state index contributed by atoms with van der Waals surface area (Å²) in [6, 6.07) is 0. The predicted octanol–water partition coefficient (Wildman–Crippen LogP) is 2.51. The smallest absolute Gasteiger partial charge is 0.485 e. The fourth-order valence-corrected chi connectivity index (χ4v) is 4.44. The SMILES string of the molecule is C1=CC(CCCB2C3CCCC2CCC3)=[NH+]C1.O=S(=O)([O-])C(F)(F)F. The van der Waals surface area contributed by atoms with E-state index in [1.54, 1.807) is 0 Å². The molecule has 0 radical (unpaired) electrons. The molecule has 2 fully saturated rings. The summed E-state index contributed by atoms with van der Waals surface area (Å²) < 4.78 is 58.9. The van der Waals surface area contributed by atoms with Crippen LogP contribution in [0, 0.1) is 0 Å². The molecular weight excluding hydrogens is 354 g/mol. The van der Waals surface area contributed by atoms with Gasteiger partial charge in [-0.1, -0.05) is 56.5 Å². The lowest BCUT2D eigenvalue weighted by molar-refractivity contribution is -0.440. The molecule has 25 heavy (non-hydrogen) atoms. The van der Waals surface area contributed by atoms with E-state index in [9.17, 15) is 13.2 Å². The Morgan fingerprint density at radius 2 is 1.68 bits per heavy atom. The van der Waals surface area contributed by atoms with E-state index in [2.05, 4.69) is 17.1 Å². The molecule has 0 aromatic heterocycles. The molecule has 2 saturated heterocycles. The molecule has 0 amide bonds. The first-order chi connectivity index (χ1) is 11.7. The Morgan fingerprint density at radius 1 is 1.16 bits per heavy atom. The molecule has 3 aliphatic heterocycles. The summed E-state index contributed by atoms with van der Waals surface area (Å²) in [7, 11) is -6.09. The van der Waals surface area contributed by atoms with Gasteiger partial charge in [-0.2, -0.15) is 13.2 Å². The normalized spacial score (nSPS) is 26.1. The molecular formula is C16H25BF3NO3S. The average molecular weight is 379 g/mol. The van der Waals surface area contributed by atoms with E-state index < -0.39 is 15.6 Å². The summed E-state index contributed by atoms with van der Waals surface area (Å²) in [5.41, 5.74) is -4.17. The van der Waals surface area contributed by atoms with Gasteiger partial charge in [-0.25, -0.2) is 13.4 Å². The van der Waals surface area contributed by atoms with Gasteiger partial charge in [0, 0.05) is 12.5 Å². The average Bonchev–Trinajstić information content (AvgIpc) is 2.99. The number of nitrogens with one attached hydrogen (secondary N) is 1. The lowest BCUT2D eigenvalue weighted by Crippen LogP contribution is -2.69. The summed E-state index contributed by atoms with van der Waals surface area (Å²) >= 11 is 0. The third kappa shape index (κ3) is 6.13. The highest BCUT2D eigenvalue weighted by atomic mass is 32.2. The van der Waals surface area contributed by atoms with E-state index in [1.807, 2.05) is 0 Å². The van der Waals surface area contributed by atoms with E-state index in [0.29, 0.717) is 0 Å². The maximum absolute atomic E-state index is 10.7. The molecule has 3 heterocycles. The molecule has 0 atom stereocenters. The minimum atomic E-state index is -6.09. The van der Waals surface area contributed by atoms with Gasteiger partial charge in [0.2, 0.25) is 0 Å². The molecule has 0 aromatic carbocycles. The summed E-state index contributed by atoms with van der Waals surface area (Å²) in [4.78, 5) is 3.45. The van der Waals surface area contributed by atoms with Crippen molar-refractivity contribution in [3.8, 4) is 0 Å². The highest BCUT2D eigenvalue weighted by molar-refractivity contribution is 7.86. The van der Waals surface area contributed by atoms with Crippen LogP contribution in [0.3, 0.4) is 0 Å². The first-order valence-electron chi connectivity index (χ1n) is 8.97. The van der Waals surface area contributed by atoms with Crippen LogP contribution in [0.2, 0.25) is 18.0 Å². The monoisotopic (exact) mass is 379 g/mol. The van der Waals surface area contributed by atoms with Crippen LogP contribution in [0.25, 0.3) is 0 Å². The van der Waals surface area contributed by atoms with E-state index >= 15 is 0 Å². The van der Waals surface area contributed by atoms with Gasteiger partial charge < -0.3 is 4.55 Å². The van der Waals surface area contributed by atoms with Crippen LogP contribution >= 0.6 is 0 Å². The number of hydrogen-bond acceptors (Lipinski definition) is 3. The van der Waals surface area contributed by atoms with Crippen molar-refractivity contribution < 1.29 is 31.1 Å². The minimum absolute atomic E-state index is 1.06. The van der Waals surface area contributed by atoms with Crippen molar-refractivity contribution in [3.63, 3.8) is 0 Å². The van der Waals surface area contributed by atoms with Crippen LogP contribution in [0.1, 0.15) is 51.4 Å². The number of allylic oxidation sites excluding steroid dienone is 1. The van der Waals surface area contributed by atoms with Crippen LogP contribution in [0.15, 0.2) is 12.2 Å². The second-order valence-electron chi connectivity index (χ2n) is 7.15. The number of halogens is 3. The molecule has 0 aliphatic carbocycles. The first kappa shape index (κ1) is 20.5. The Hall–Kier alpha value is -0.825. The summed E-state index contributed by atoms with van der Waals surface area (Å²) in [5.74, 6) is 2.19. The Morgan fingerprint density at radius 3 is 2.08 bits per heavy atom. The van der Waals surface area contributed by atoms with Gasteiger partial charge in [-0.3, -0.25) is 0 Å². The van der Waals surface area contributed by atoms with Crippen molar-refractivity contribution in [2.75, 3.05) is 6.54 Å². The highest BCUT2D eigenvalue weighted by Gasteiger charge is 2.38. The number of alkyl halides is 3. The van der Waals surface area contributed by atoms with E-state index in [0.717, 1.165) is 24.9 Å². The van der Waals surface area contributed by atoms with Crippen molar-refractivity contribution in [1.82, 2.24) is 0 Å². The lowest BCUT2D eigenvalue weighted by Gasteiger charge is -2.40. The minimum Gasteiger partial charge on any atom is -0.741 e. The van der Waals surface area contributed by atoms with Crippen LogP contribution in [0.5, 0.6) is 0 Å². The molecule has 3 aliphatic rings. The van der Waals surface area contributed by atoms with Gasteiger partial charge in [0.15, 0.2) is 22.4 Å². The molecule has 0 aromatic rings. The zero-order valence-corrected chi connectivity index (χ0v) is 15.0. The zero-order chi connectivity index (χ0) is 18.5. The molecule has 9 heteroatoms. The third-order valence-electron chi connectivity index (χ3n) is 5.54. The second-order valence-corrected chi connectivity index (χ2v) is 8.52. The predicted molar refractivity (Wildman–Crippen MR) is 90.7 cm³/mol. The number of rotatable bonds is 4. The van der Waals surface area contributed by atoms with Crippen LogP contribution in [0.4, 0.5) is 13.2 Å². The Kier molecular flexibility index (Phi) is 7.14. The van der Waals surface area contributed by atoms with Crippen molar-refractivity contribution >= 4 is 22.5 Å². The Bertz CT molecular complexity index is 582. The Balaban J connectivity index is 0.000000242.